The van der Waals surface area contributed by atoms with Crippen LogP contribution < -0.4 is 0 Å². The van der Waals surface area contributed by atoms with E-state index in [2.05, 4.69) is 26.8 Å². The van der Waals surface area contributed by atoms with Crippen LogP contribution in [0.2, 0.25) is 0 Å². The van der Waals surface area contributed by atoms with Gasteiger partial charge in [-0.1, -0.05) is 143 Å². The molecule has 6 nitrogen and oxygen atoms in total. The maximum atomic E-state index is 13.9. The van der Waals surface area contributed by atoms with Crippen LogP contribution in [-0.2, 0) is 29.3 Å². The molecule has 1 aliphatic rings. The number of rotatable bonds is 21. The van der Waals surface area contributed by atoms with Crippen molar-refractivity contribution in [3.8, 4) is 0 Å². The Hall–Kier alpha value is -3.13. The fraction of sp³-hybridized carbons (Fsp3) is 0.523. The van der Waals surface area contributed by atoms with Crippen molar-refractivity contribution < 1.29 is 28.8 Å². The van der Waals surface area contributed by atoms with Crippen molar-refractivity contribution in [2.24, 2.45) is 5.41 Å². The molecule has 0 bridgehead atoms. The van der Waals surface area contributed by atoms with Crippen molar-refractivity contribution >= 4 is 5.78 Å². The summed E-state index contributed by atoms with van der Waals surface area (Å²) in [6.07, 6.45) is 10.3. The molecule has 0 radical (unpaired) electrons. The predicted octanol–water partition coefficient (Wildman–Crippen LogP) is 9.58. The minimum atomic E-state index is -1.04. The van der Waals surface area contributed by atoms with Crippen molar-refractivity contribution in [1.29, 1.82) is 0 Å². The van der Waals surface area contributed by atoms with Gasteiger partial charge in [-0.3, -0.25) is 4.79 Å². The molecular formula is C44H60O6. The highest BCUT2D eigenvalue weighted by atomic mass is 16.7. The minimum absolute atomic E-state index is 0.0339. The number of carbonyl (C=O) groups is 1. The van der Waals surface area contributed by atoms with Crippen LogP contribution in [0, 0.1) is 5.41 Å². The molecular weight excluding hydrogens is 624 g/mol. The molecule has 1 heterocycles. The van der Waals surface area contributed by atoms with Gasteiger partial charge in [0.05, 0.1) is 25.4 Å². The Morgan fingerprint density at radius 3 is 1.82 bits per heavy atom. The van der Waals surface area contributed by atoms with E-state index in [1.165, 1.54) is 19.3 Å². The number of unbranched alkanes of at least 4 members (excludes halogenated alkanes) is 4. The Bertz CT molecular complexity index is 1310. The molecule has 1 saturated heterocycles. The molecule has 1 fully saturated rings. The number of ketones is 1. The smallest absolute Gasteiger partial charge is 0.189 e. The standard InChI is InChI=1S/C44H60O6/c1-6-7-8-21-30-43(48-33-42(4,5)34-49-43)31-22-10-9-20-29-39(45)41(50-35(2)3)40(46)32-47-44(36-23-14-11-15-24-36,37-25-16-12-17-26-37)38-27-18-13-19-28-38/h9,11-20,23-28,35,39,41,45H,6-8,10,21-22,29-34H2,1-5H3/b20-9+. The van der Waals surface area contributed by atoms with E-state index < -0.39 is 23.6 Å². The first-order valence-electron chi connectivity index (χ1n) is 18.7. The summed E-state index contributed by atoms with van der Waals surface area (Å²) >= 11 is 0. The summed E-state index contributed by atoms with van der Waals surface area (Å²) < 4.78 is 25.6. The highest BCUT2D eigenvalue weighted by molar-refractivity contribution is 5.85. The second-order valence-electron chi connectivity index (χ2n) is 14.8. The molecule has 0 saturated carbocycles. The first-order chi connectivity index (χ1) is 24.1. The first kappa shape index (κ1) is 39.7. The van der Waals surface area contributed by atoms with E-state index in [-0.39, 0.29) is 23.9 Å². The van der Waals surface area contributed by atoms with Crippen molar-refractivity contribution in [3.63, 3.8) is 0 Å². The Labute approximate surface area is 301 Å². The lowest BCUT2D eigenvalue weighted by Gasteiger charge is -2.44. The van der Waals surface area contributed by atoms with E-state index >= 15 is 0 Å². The lowest BCUT2D eigenvalue weighted by molar-refractivity contribution is -0.305. The summed E-state index contributed by atoms with van der Waals surface area (Å²) in [6, 6.07) is 29.9. The maximum Gasteiger partial charge on any atom is 0.189 e. The monoisotopic (exact) mass is 684 g/mol. The highest BCUT2D eigenvalue weighted by Crippen LogP contribution is 2.41. The van der Waals surface area contributed by atoms with Crippen LogP contribution in [0.15, 0.2) is 103 Å². The summed E-state index contributed by atoms with van der Waals surface area (Å²) in [5, 5.41) is 11.3. The van der Waals surface area contributed by atoms with Crippen molar-refractivity contribution in [2.75, 3.05) is 19.8 Å². The van der Waals surface area contributed by atoms with Gasteiger partial charge in [0.2, 0.25) is 0 Å². The number of benzene rings is 3. The third kappa shape index (κ3) is 11.2. The molecule has 2 atom stereocenters. The number of Topliss-reactive ketones (excluding diaryl/α,β-unsaturated/α-hetero) is 1. The zero-order valence-corrected chi connectivity index (χ0v) is 31.0. The van der Waals surface area contributed by atoms with Crippen LogP contribution in [0.25, 0.3) is 0 Å². The average molecular weight is 685 g/mol. The molecule has 2 unspecified atom stereocenters. The molecule has 0 aliphatic carbocycles. The van der Waals surface area contributed by atoms with E-state index in [9.17, 15) is 9.90 Å². The summed E-state index contributed by atoms with van der Waals surface area (Å²) in [4.78, 5) is 13.9. The summed E-state index contributed by atoms with van der Waals surface area (Å²) in [5.74, 6) is -0.806. The predicted molar refractivity (Wildman–Crippen MR) is 201 cm³/mol. The minimum Gasteiger partial charge on any atom is -0.390 e. The third-order valence-corrected chi connectivity index (χ3v) is 9.39. The van der Waals surface area contributed by atoms with Gasteiger partial charge in [0.25, 0.3) is 0 Å². The van der Waals surface area contributed by atoms with Gasteiger partial charge in [0.1, 0.15) is 18.3 Å². The number of aliphatic hydroxyl groups excluding tert-OH is 1. The van der Waals surface area contributed by atoms with Gasteiger partial charge >= 0.3 is 0 Å². The summed E-state index contributed by atoms with van der Waals surface area (Å²) in [7, 11) is 0. The van der Waals surface area contributed by atoms with Crippen LogP contribution in [0.4, 0.5) is 0 Å². The largest absolute Gasteiger partial charge is 0.390 e. The molecule has 0 aromatic heterocycles. The Kier molecular flexibility index (Phi) is 15.4. The van der Waals surface area contributed by atoms with E-state index in [0.717, 1.165) is 48.8 Å². The molecule has 272 valence electrons. The zero-order chi connectivity index (χ0) is 35.9. The number of hydrogen-bond donors (Lipinski definition) is 1. The van der Waals surface area contributed by atoms with E-state index in [4.69, 9.17) is 18.9 Å². The molecule has 0 amide bonds. The van der Waals surface area contributed by atoms with Gasteiger partial charge in [-0.2, -0.15) is 0 Å². The molecule has 3 aromatic carbocycles. The molecule has 0 spiro atoms. The maximum absolute atomic E-state index is 13.9. The quantitative estimate of drug-likeness (QED) is 0.0685. The lowest BCUT2D eigenvalue weighted by atomic mass is 9.80. The van der Waals surface area contributed by atoms with E-state index in [1.54, 1.807) is 0 Å². The molecule has 1 aliphatic heterocycles. The normalized spacial score (nSPS) is 17.2. The van der Waals surface area contributed by atoms with Crippen LogP contribution in [0.5, 0.6) is 0 Å². The van der Waals surface area contributed by atoms with Crippen LogP contribution in [0.1, 0.15) is 109 Å². The van der Waals surface area contributed by atoms with Gasteiger partial charge in [-0.05, 0) is 56.2 Å². The summed E-state index contributed by atoms with van der Waals surface area (Å²) in [6.45, 7) is 11.5. The Balaban J connectivity index is 1.41. The summed E-state index contributed by atoms with van der Waals surface area (Å²) in [5.41, 5.74) is 1.72. The SMILES string of the molecule is CCCCCCC1(CCC/C=C/CC(O)C(OC(C)C)C(=O)COC(c2ccccc2)(c2ccccc2)c2ccccc2)OCC(C)(C)CO1. The van der Waals surface area contributed by atoms with Crippen molar-refractivity contribution in [2.45, 2.75) is 122 Å². The number of carbonyl (C=O) groups excluding carboxylic acids is 1. The first-order valence-corrected chi connectivity index (χ1v) is 18.7. The average Bonchev–Trinajstić information content (AvgIpc) is 3.13. The van der Waals surface area contributed by atoms with Gasteiger partial charge in [0, 0.05) is 18.3 Å². The Morgan fingerprint density at radius 2 is 1.32 bits per heavy atom. The van der Waals surface area contributed by atoms with Gasteiger partial charge in [0.15, 0.2) is 11.6 Å². The van der Waals surface area contributed by atoms with Crippen LogP contribution in [0.3, 0.4) is 0 Å². The number of hydrogen-bond acceptors (Lipinski definition) is 6. The van der Waals surface area contributed by atoms with Crippen molar-refractivity contribution in [3.05, 3.63) is 120 Å². The van der Waals surface area contributed by atoms with E-state index in [1.807, 2.05) is 111 Å². The third-order valence-electron chi connectivity index (χ3n) is 9.39. The molecule has 1 N–H and O–H groups in total. The second kappa shape index (κ2) is 19.5. The molecule has 4 rings (SSSR count). The molecule has 6 heteroatoms. The fourth-order valence-electron chi connectivity index (χ4n) is 6.64. The number of allylic oxidation sites excluding steroid dienone is 1. The topological polar surface area (TPSA) is 74.2 Å². The second-order valence-corrected chi connectivity index (χ2v) is 14.8. The van der Waals surface area contributed by atoms with Crippen LogP contribution in [-0.4, -0.2) is 54.8 Å². The van der Waals surface area contributed by atoms with Gasteiger partial charge in [-0.25, -0.2) is 0 Å². The zero-order valence-electron chi connectivity index (χ0n) is 31.0. The van der Waals surface area contributed by atoms with E-state index in [0.29, 0.717) is 19.6 Å². The van der Waals surface area contributed by atoms with Gasteiger partial charge < -0.3 is 24.1 Å². The molecule has 3 aromatic rings. The highest BCUT2D eigenvalue weighted by Gasteiger charge is 2.41. The van der Waals surface area contributed by atoms with Crippen LogP contribution >= 0.6 is 0 Å². The number of aliphatic hydroxyl groups is 1. The number of ether oxygens (including phenoxy) is 4. The fourth-order valence-corrected chi connectivity index (χ4v) is 6.64. The molecule has 50 heavy (non-hydrogen) atoms. The Morgan fingerprint density at radius 1 is 0.800 bits per heavy atom. The lowest BCUT2D eigenvalue weighted by Crippen LogP contribution is -2.47. The van der Waals surface area contributed by atoms with Crippen molar-refractivity contribution in [1.82, 2.24) is 0 Å². The van der Waals surface area contributed by atoms with Gasteiger partial charge in [-0.15, -0.1) is 0 Å².